The van der Waals surface area contributed by atoms with E-state index in [0.29, 0.717) is 5.56 Å². The van der Waals surface area contributed by atoms with Gasteiger partial charge in [-0.05, 0) is 17.5 Å². The first kappa shape index (κ1) is 11.4. The molecule has 0 aromatic heterocycles. The molecular formula is C11H13ClF2. The highest BCUT2D eigenvalue weighted by Gasteiger charge is 2.18. The predicted octanol–water partition coefficient (Wildman–Crippen LogP) is 4.18. The van der Waals surface area contributed by atoms with Gasteiger partial charge in [0.25, 0.3) is 6.43 Å². The maximum atomic E-state index is 12.2. The van der Waals surface area contributed by atoms with Crippen molar-refractivity contribution in [3.05, 3.63) is 35.4 Å². The number of halogens is 3. The van der Waals surface area contributed by atoms with Crippen LogP contribution in [-0.4, -0.2) is 6.43 Å². The molecule has 0 amide bonds. The molecule has 0 nitrogen and oxygen atoms in total. The standard InChI is InChI=1S/C11H13ClF2/c1-2-3-8-4-6-9(7-5-8)10(12)11(13)14/h4-7,10-11H,2-3H2,1H3. The average Bonchev–Trinajstić information content (AvgIpc) is 2.18. The monoisotopic (exact) mass is 218 g/mol. The van der Waals surface area contributed by atoms with Crippen LogP contribution in [0.25, 0.3) is 0 Å². The van der Waals surface area contributed by atoms with E-state index in [1.54, 1.807) is 12.1 Å². The molecule has 0 saturated carbocycles. The fourth-order valence-electron chi connectivity index (χ4n) is 1.30. The van der Waals surface area contributed by atoms with Crippen LogP contribution < -0.4 is 0 Å². The van der Waals surface area contributed by atoms with E-state index in [1.165, 1.54) is 0 Å². The lowest BCUT2D eigenvalue weighted by Crippen LogP contribution is -2.01. The molecule has 1 atom stereocenters. The Morgan fingerprint density at radius 1 is 1.21 bits per heavy atom. The Morgan fingerprint density at radius 3 is 2.21 bits per heavy atom. The van der Waals surface area contributed by atoms with Crippen LogP contribution in [0.2, 0.25) is 0 Å². The van der Waals surface area contributed by atoms with Crippen molar-refractivity contribution in [1.29, 1.82) is 0 Å². The molecule has 0 aliphatic carbocycles. The summed E-state index contributed by atoms with van der Waals surface area (Å²) in [7, 11) is 0. The molecule has 0 N–H and O–H groups in total. The van der Waals surface area contributed by atoms with Crippen molar-refractivity contribution in [3.63, 3.8) is 0 Å². The predicted molar refractivity (Wildman–Crippen MR) is 55.0 cm³/mol. The Labute approximate surface area is 87.9 Å². The number of aryl methyl sites for hydroxylation is 1. The highest BCUT2D eigenvalue weighted by atomic mass is 35.5. The first-order valence-corrected chi connectivity index (χ1v) is 5.10. The van der Waals surface area contributed by atoms with Crippen molar-refractivity contribution in [2.75, 3.05) is 0 Å². The molecular weight excluding hydrogens is 206 g/mol. The fourth-order valence-corrected chi connectivity index (χ4v) is 1.45. The minimum atomic E-state index is -2.51. The number of rotatable bonds is 4. The van der Waals surface area contributed by atoms with Gasteiger partial charge in [0.05, 0.1) is 0 Å². The zero-order valence-corrected chi connectivity index (χ0v) is 8.77. The topological polar surface area (TPSA) is 0 Å². The van der Waals surface area contributed by atoms with E-state index in [9.17, 15) is 8.78 Å². The van der Waals surface area contributed by atoms with Gasteiger partial charge in [0.2, 0.25) is 0 Å². The van der Waals surface area contributed by atoms with Crippen LogP contribution in [0.5, 0.6) is 0 Å². The number of hydrogen-bond donors (Lipinski definition) is 0. The third-order valence-electron chi connectivity index (χ3n) is 2.06. The van der Waals surface area contributed by atoms with Crippen LogP contribution in [0.15, 0.2) is 24.3 Å². The third-order valence-corrected chi connectivity index (χ3v) is 2.50. The number of benzene rings is 1. The summed E-state index contributed by atoms with van der Waals surface area (Å²) in [6.07, 6.45) is -0.478. The van der Waals surface area contributed by atoms with Gasteiger partial charge in [-0.1, -0.05) is 37.6 Å². The molecule has 1 aromatic rings. The van der Waals surface area contributed by atoms with Gasteiger partial charge in [0, 0.05) is 0 Å². The maximum absolute atomic E-state index is 12.2. The normalized spacial score (nSPS) is 13.2. The molecule has 0 radical (unpaired) electrons. The summed E-state index contributed by atoms with van der Waals surface area (Å²) in [5, 5.41) is -1.19. The minimum Gasteiger partial charge on any atom is -0.208 e. The number of hydrogen-bond acceptors (Lipinski definition) is 0. The Morgan fingerprint density at radius 2 is 1.79 bits per heavy atom. The van der Waals surface area contributed by atoms with Gasteiger partial charge in [0.15, 0.2) is 0 Å². The van der Waals surface area contributed by atoms with Gasteiger partial charge < -0.3 is 0 Å². The largest absolute Gasteiger partial charge is 0.258 e. The molecule has 0 heterocycles. The van der Waals surface area contributed by atoms with Crippen LogP contribution in [0.1, 0.15) is 29.8 Å². The highest BCUT2D eigenvalue weighted by molar-refractivity contribution is 6.21. The van der Waals surface area contributed by atoms with Crippen LogP contribution in [-0.2, 0) is 6.42 Å². The van der Waals surface area contributed by atoms with Crippen LogP contribution >= 0.6 is 11.6 Å². The Balaban J connectivity index is 2.72. The Hall–Kier alpha value is -0.630. The zero-order chi connectivity index (χ0) is 10.6. The molecule has 0 fully saturated rings. The maximum Gasteiger partial charge on any atom is 0.258 e. The van der Waals surface area contributed by atoms with Gasteiger partial charge >= 0.3 is 0 Å². The molecule has 1 rings (SSSR count). The van der Waals surface area contributed by atoms with Gasteiger partial charge in [-0.2, -0.15) is 0 Å². The van der Waals surface area contributed by atoms with Crippen molar-refractivity contribution in [2.24, 2.45) is 0 Å². The van der Waals surface area contributed by atoms with E-state index in [-0.39, 0.29) is 0 Å². The molecule has 0 saturated heterocycles. The zero-order valence-electron chi connectivity index (χ0n) is 8.01. The van der Waals surface area contributed by atoms with Crippen molar-refractivity contribution < 1.29 is 8.78 Å². The van der Waals surface area contributed by atoms with E-state index < -0.39 is 11.8 Å². The van der Waals surface area contributed by atoms with Crippen molar-refractivity contribution in [1.82, 2.24) is 0 Å². The second kappa shape index (κ2) is 5.30. The lowest BCUT2D eigenvalue weighted by atomic mass is 10.1. The van der Waals surface area contributed by atoms with Crippen molar-refractivity contribution >= 4 is 11.6 Å². The summed E-state index contributed by atoms with van der Waals surface area (Å²) in [5.41, 5.74) is 1.65. The van der Waals surface area contributed by atoms with Crippen molar-refractivity contribution in [3.8, 4) is 0 Å². The lowest BCUT2D eigenvalue weighted by Gasteiger charge is -2.08. The Kier molecular flexibility index (Phi) is 4.33. The molecule has 1 aromatic carbocycles. The summed E-state index contributed by atoms with van der Waals surface area (Å²) >= 11 is 5.52. The second-order valence-corrected chi connectivity index (χ2v) is 3.70. The summed E-state index contributed by atoms with van der Waals surface area (Å²) in [6.45, 7) is 2.08. The third kappa shape index (κ3) is 2.95. The first-order chi connectivity index (χ1) is 6.65. The average molecular weight is 219 g/mol. The molecule has 0 bridgehead atoms. The summed E-state index contributed by atoms with van der Waals surface area (Å²) in [4.78, 5) is 0. The van der Waals surface area contributed by atoms with E-state index in [1.807, 2.05) is 12.1 Å². The van der Waals surface area contributed by atoms with Crippen LogP contribution in [0, 0.1) is 0 Å². The van der Waals surface area contributed by atoms with Crippen molar-refractivity contribution in [2.45, 2.75) is 31.6 Å². The van der Waals surface area contributed by atoms with E-state index in [0.717, 1.165) is 18.4 Å². The first-order valence-electron chi connectivity index (χ1n) is 4.66. The van der Waals surface area contributed by atoms with Gasteiger partial charge in [-0.3, -0.25) is 0 Å². The van der Waals surface area contributed by atoms with Crippen LogP contribution in [0.3, 0.4) is 0 Å². The molecule has 3 heteroatoms. The minimum absolute atomic E-state index is 0.488. The smallest absolute Gasteiger partial charge is 0.208 e. The summed E-state index contributed by atoms with van der Waals surface area (Å²) in [6, 6.07) is 7.07. The molecule has 14 heavy (non-hydrogen) atoms. The number of alkyl halides is 3. The fraction of sp³-hybridized carbons (Fsp3) is 0.455. The van der Waals surface area contributed by atoms with E-state index in [4.69, 9.17) is 11.6 Å². The van der Waals surface area contributed by atoms with Gasteiger partial charge in [-0.25, -0.2) is 8.78 Å². The second-order valence-electron chi connectivity index (χ2n) is 3.23. The molecule has 0 aliphatic heterocycles. The van der Waals surface area contributed by atoms with E-state index in [2.05, 4.69) is 6.92 Å². The SMILES string of the molecule is CCCc1ccc(C(Cl)C(F)F)cc1. The summed E-state index contributed by atoms with van der Waals surface area (Å²) < 4.78 is 24.5. The Bertz CT molecular complexity index is 269. The van der Waals surface area contributed by atoms with Gasteiger partial charge in [-0.15, -0.1) is 11.6 Å². The van der Waals surface area contributed by atoms with Crippen LogP contribution in [0.4, 0.5) is 8.78 Å². The molecule has 0 spiro atoms. The molecule has 1 unspecified atom stereocenters. The lowest BCUT2D eigenvalue weighted by molar-refractivity contribution is 0.143. The summed E-state index contributed by atoms with van der Waals surface area (Å²) in [5.74, 6) is 0. The molecule has 0 aliphatic rings. The highest BCUT2D eigenvalue weighted by Crippen LogP contribution is 2.27. The quantitative estimate of drug-likeness (QED) is 0.665. The van der Waals surface area contributed by atoms with Gasteiger partial charge in [0.1, 0.15) is 5.38 Å². The molecule has 78 valence electrons. The van der Waals surface area contributed by atoms with E-state index >= 15 is 0 Å².